The zero-order valence-corrected chi connectivity index (χ0v) is 34.0. The first-order chi connectivity index (χ1) is 24.0. The summed E-state index contributed by atoms with van der Waals surface area (Å²) < 4.78 is 23.5. The summed E-state index contributed by atoms with van der Waals surface area (Å²) in [5, 5.41) is 13.9. The van der Waals surface area contributed by atoms with Crippen LogP contribution in [-0.2, 0) is 18.4 Å². The van der Waals surface area contributed by atoms with Crippen LogP contribution in [-0.4, -0.2) is 73.4 Å². The number of phosphoric acid groups is 1. The molecule has 8 nitrogen and oxygen atoms in total. The fourth-order valence-electron chi connectivity index (χ4n) is 5.65. The van der Waals surface area contributed by atoms with Crippen molar-refractivity contribution >= 4 is 13.7 Å². The lowest BCUT2D eigenvalue weighted by atomic mass is 10.0. The second kappa shape index (κ2) is 33.5. The molecule has 0 bridgehead atoms. The van der Waals surface area contributed by atoms with E-state index in [1.807, 2.05) is 21.1 Å². The van der Waals surface area contributed by atoms with Gasteiger partial charge < -0.3 is 19.8 Å². The summed E-state index contributed by atoms with van der Waals surface area (Å²) in [5.41, 5.74) is 0. The van der Waals surface area contributed by atoms with Crippen LogP contribution in [0.25, 0.3) is 0 Å². The maximum Gasteiger partial charge on any atom is 0.472 e. The van der Waals surface area contributed by atoms with Crippen molar-refractivity contribution in [2.45, 2.75) is 180 Å². The molecule has 0 aliphatic rings. The first-order valence-electron chi connectivity index (χ1n) is 20.4. The number of allylic oxidation sites excluding steroid dienone is 6. The summed E-state index contributed by atoms with van der Waals surface area (Å²) in [4.78, 5) is 23.1. The number of nitrogens with zero attached hydrogens (tertiary/aromatic N) is 1. The van der Waals surface area contributed by atoms with Gasteiger partial charge in [0.25, 0.3) is 0 Å². The number of carbonyl (C=O) groups excluding carboxylic acids is 1. The molecule has 0 heterocycles. The average Bonchev–Trinajstić information content (AvgIpc) is 3.06. The number of rotatable bonds is 36. The molecule has 0 radical (unpaired) electrons. The number of aliphatic hydroxyl groups is 1. The first-order valence-corrected chi connectivity index (χ1v) is 21.8. The summed E-state index contributed by atoms with van der Waals surface area (Å²) >= 11 is 0. The highest BCUT2D eigenvalue weighted by molar-refractivity contribution is 7.47. The molecule has 0 aromatic rings. The van der Waals surface area contributed by atoms with E-state index in [4.69, 9.17) is 9.05 Å². The molecule has 3 unspecified atom stereocenters. The van der Waals surface area contributed by atoms with Crippen molar-refractivity contribution in [3.63, 3.8) is 0 Å². The lowest BCUT2D eigenvalue weighted by molar-refractivity contribution is -0.870. The fraction of sp³-hybridized carbons (Fsp3) is 0.829. The molecule has 0 saturated carbocycles. The third-order valence-corrected chi connectivity index (χ3v) is 9.89. The Hall–Kier alpha value is -1.28. The number of hydrogen-bond acceptors (Lipinski definition) is 5. The molecule has 0 aliphatic heterocycles. The number of amides is 1. The molecule has 0 aromatic heterocycles. The smallest absolute Gasteiger partial charge is 0.391 e. The van der Waals surface area contributed by atoms with Crippen LogP contribution in [0.15, 0.2) is 36.5 Å². The Bertz CT molecular complexity index is 917. The number of hydrogen-bond donors (Lipinski definition) is 3. The highest BCUT2D eigenvalue weighted by Crippen LogP contribution is 2.43. The van der Waals surface area contributed by atoms with Gasteiger partial charge in [-0.25, -0.2) is 4.57 Å². The minimum atomic E-state index is -4.31. The van der Waals surface area contributed by atoms with Crippen molar-refractivity contribution in [1.82, 2.24) is 5.32 Å². The van der Waals surface area contributed by atoms with Gasteiger partial charge in [0.05, 0.1) is 39.9 Å². The number of nitrogens with one attached hydrogen (secondary N) is 1. The van der Waals surface area contributed by atoms with Crippen LogP contribution in [0.5, 0.6) is 0 Å². The molecule has 0 saturated heterocycles. The molecule has 0 spiro atoms. The molecule has 0 aromatic carbocycles. The largest absolute Gasteiger partial charge is 0.472 e. The number of likely N-dealkylation sites (N-methyl/N-ethyl adjacent to an activating group) is 1. The van der Waals surface area contributed by atoms with E-state index in [9.17, 15) is 19.4 Å². The lowest BCUT2D eigenvalue weighted by Crippen LogP contribution is -2.46. The van der Waals surface area contributed by atoms with Gasteiger partial charge in [0, 0.05) is 6.42 Å². The first kappa shape index (κ1) is 48.7. The van der Waals surface area contributed by atoms with Crippen molar-refractivity contribution in [3.8, 4) is 0 Å². The maximum atomic E-state index is 12.8. The number of unbranched alkanes of at least 4 members (excludes halogenated alkanes) is 17. The van der Waals surface area contributed by atoms with Crippen molar-refractivity contribution < 1.29 is 32.9 Å². The molecule has 3 N–H and O–H groups in total. The fourth-order valence-corrected chi connectivity index (χ4v) is 6.38. The summed E-state index contributed by atoms with van der Waals surface area (Å²) in [6.07, 6.45) is 38.7. The average molecular weight is 728 g/mol. The van der Waals surface area contributed by atoms with Crippen molar-refractivity contribution in [2.75, 3.05) is 40.9 Å². The van der Waals surface area contributed by atoms with Gasteiger partial charge >= 0.3 is 7.82 Å². The molecule has 0 fully saturated rings. The molecular weight excluding hydrogens is 647 g/mol. The van der Waals surface area contributed by atoms with Gasteiger partial charge in [-0.05, 0) is 44.9 Å². The van der Waals surface area contributed by atoms with Gasteiger partial charge in [-0.1, -0.05) is 153 Å². The zero-order chi connectivity index (χ0) is 37.2. The maximum absolute atomic E-state index is 12.8. The minimum Gasteiger partial charge on any atom is -0.391 e. The summed E-state index contributed by atoms with van der Waals surface area (Å²) in [5.74, 6) is -0.164. The predicted octanol–water partition coefficient (Wildman–Crippen LogP) is 10.7. The normalized spacial score (nSPS) is 14.9. The van der Waals surface area contributed by atoms with E-state index in [1.165, 1.54) is 64.2 Å². The summed E-state index contributed by atoms with van der Waals surface area (Å²) in [6.45, 7) is 4.74. The predicted molar refractivity (Wildman–Crippen MR) is 212 cm³/mol. The van der Waals surface area contributed by atoms with E-state index in [0.717, 1.165) is 77.0 Å². The van der Waals surface area contributed by atoms with Gasteiger partial charge in [-0.3, -0.25) is 13.8 Å². The highest BCUT2D eigenvalue weighted by atomic mass is 31.2. The summed E-state index contributed by atoms with van der Waals surface area (Å²) in [6, 6.07) is -0.767. The Morgan fingerprint density at radius 1 is 0.700 bits per heavy atom. The topological polar surface area (TPSA) is 105 Å². The third-order valence-electron chi connectivity index (χ3n) is 8.90. The van der Waals surface area contributed by atoms with Crippen LogP contribution >= 0.6 is 7.82 Å². The van der Waals surface area contributed by atoms with E-state index >= 15 is 0 Å². The van der Waals surface area contributed by atoms with Gasteiger partial charge in [0.15, 0.2) is 0 Å². The molecule has 0 rings (SSSR count). The molecule has 1 amide bonds. The molecule has 294 valence electrons. The van der Waals surface area contributed by atoms with Gasteiger partial charge in [-0.15, -0.1) is 0 Å². The third kappa shape index (κ3) is 35.1. The summed E-state index contributed by atoms with van der Waals surface area (Å²) in [7, 11) is 1.60. The van der Waals surface area contributed by atoms with Crippen LogP contribution in [0.4, 0.5) is 0 Å². The monoisotopic (exact) mass is 728 g/mol. The van der Waals surface area contributed by atoms with Crippen LogP contribution in [0.3, 0.4) is 0 Å². The Morgan fingerprint density at radius 2 is 1.20 bits per heavy atom. The van der Waals surface area contributed by atoms with Crippen LogP contribution in [0, 0.1) is 0 Å². The van der Waals surface area contributed by atoms with E-state index in [1.54, 1.807) is 0 Å². The highest BCUT2D eigenvalue weighted by Gasteiger charge is 2.28. The van der Waals surface area contributed by atoms with E-state index in [2.05, 4.69) is 55.6 Å². The molecule has 3 atom stereocenters. The number of phosphoric ester groups is 1. The molecular formula is C41H80N2O6P+. The Balaban J connectivity index is 4.46. The van der Waals surface area contributed by atoms with Gasteiger partial charge in [0.2, 0.25) is 5.91 Å². The van der Waals surface area contributed by atoms with Gasteiger partial charge in [0.1, 0.15) is 13.2 Å². The number of quaternary nitrogens is 1. The standard InChI is InChI=1S/C41H79N2O6P/c1-6-8-10-12-14-16-18-20-21-23-25-27-29-31-33-35-41(45)42-39(38-49-50(46,47)48-37-36-43(3,4)5)40(44)34-32-30-28-26-24-22-19-17-15-13-11-9-7-2/h8,10,14,16,20-21,39-40,44H,6-7,9,11-13,15,17-19,22-38H2,1-5H3,(H-,42,45,46,47)/p+1/b10-8-,16-14-,21-20-. The molecule has 0 aliphatic carbocycles. The lowest BCUT2D eigenvalue weighted by Gasteiger charge is -2.26. The zero-order valence-electron chi connectivity index (χ0n) is 33.1. The number of aliphatic hydroxyl groups excluding tert-OH is 1. The van der Waals surface area contributed by atoms with Crippen LogP contribution in [0.2, 0.25) is 0 Å². The van der Waals surface area contributed by atoms with E-state index in [0.29, 0.717) is 23.9 Å². The van der Waals surface area contributed by atoms with E-state index in [-0.39, 0.29) is 19.1 Å². The number of carbonyl (C=O) groups is 1. The van der Waals surface area contributed by atoms with Crippen molar-refractivity contribution in [2.24, 2.45) is 0 Å². The second-order valence-electron chi connectivity index (χ2n) is 15.0. The second-order valence-corrected chi connectivity index (χ2v) is 16.4. The minimum absolute atomic E-state index is 0.0701. The Morgan fingerprint density at radius 3 is 1.76 bits per heavy atom. The van der Waals surface area contributed by atoms with Crippen LogP contribution in [0.1, 0.15) is 168 Å². The Kier molecular flexibility index (Phi) is 32.7. The van der Waals surface area contributed by atoms with E-state index < -0.39 is 20.0 Å². The quantitative estimate of drug-likeness (QED) is 0.0257. The van der Waals surface area contributed by atoms with Crippen molar-refractivity contribution in [3.05, 3.63) is 36.5 Å². The molecule has 50 heavy (non-hydrogen) atoms. The molecule has 9 heteroatoms. The van der Waals surface area contributed by atoms with Crippen LogP contribution < -0.4 is 5.32 Å². The SMILES string of the molecule is CC/C=C\C/C=C\C/C=C\CCCCCCCC(=O)NC(COP(=O)(O)OCC[N+](C)(C)C)C(O)CCCCCCCCCCCCCCC. The van der Waals surface area contributed by atoms with Crippen molar-refractivity contribution in [1.29, 1.82) is 0 Å². The Labute approximate surface area is 308 Å². The van der Waals surface area contributed by atoms with Gasteiger partial charge in [-0.2, -0.15) is 0 Å².